The summed E-state index contributed by atoms with van der Waals surface area (Å²) >= 11 is 0. The van der Waals surface area contributed by atoms with Crippen molar-refractivity contribution in [1.29, 1.82) is 0 Å². The molecule has 1 spiro atoms. The van der Waals surface area contributed by atoms with Gasteiger partial charge in [-0.15, -0.1) is 0 Å². The molecule has 2 saturated heterocycles. The molecule has 0 bridgehead atoms. The lowest BCUT2D eigenvalue weighted by atomic mass is 9.78. The van der Waals surface area contributed by atoms with Gasteiger partial charge in [0.2, 0.25) is 5.91 Å². The van der Waals surface area contributed by atoms with E-state index in [4.69, 9.17) is 0 Å². The lowest BCUT2D eigenvalue weighted by Gasteiger charge is -2.39. The van der Waals surface area contributed by atoms with Crippen molar-refractivity contribution in [3.05, 3.63) is 34.9 Å². The lowest BCUT2D eigenvalue weighted by molar-refractivity contribution is -0.137. The monoisotopic (exact) mass is 300 g/mol. The van der Waals surface area contributed by atoms with Gasteiger partial charge >= 0.3 is 0 Å². The van der Waals surface area contributed by atoms with Crippen molar-refractivity contribution in [3.63, 3.8) is 0 Å². The zero-order valence-electron chi connectivity index (χ0n) is 13.7. The minimum atomic E-state index is -0.332. The molecule has 1 aromatic carbocycles. The maximum atomic E-state index is 12.8. The van der Waals surface area contributed by atoms with Crippen LogP contribution in [-0.2, 0) is 4.79 Å². The summed E-state index contributed by atoms with van der Waals surface area (Å²) < 4.78 is 0. The van der Waals surface area contributed by atoms with Gasteiger partial charge in [-0.25, -0.2) is 0 Å². The first-order chi connectivity index (χ1) is 10.4. The molecule has 0 aromatic heterocycles. The van der Waals surface area contributed by atoms with E-state index in [-0.39, 0.29) is 17.2 Å². The number of amides is 2. The van der Waals surface area contributed by atoms with Crippen LogP contribution in [0.15, 0.2) is 18.2 Å². The third kappa shape index (κ3) is 2.51. The van der Waals surface area contributed by atoms with Gasteiger partial charge in [0.05, 0.1) is 5.41 Å². The number of aryl methyl sites for hydroxylation is 2. The van der Waals surface area contributed by atoms with Gasteiger partial charge < -0.3 is 9.80 Å². The Hall–Kier alpha value is -1.84. The molecule has 4 heteroatoms. The van der Waals surface area contributed by atoms with Crippen LogP contribution in [0, 0.1) is 19.3 Å². The number of nitrogens with zero attached hydrogens (tertiary/aromatic N) is 2. The van der Waals surface area contributed by atoms with E-state index < -0.39 is 0 Å². The fourth-order valence-corrected chi connectivity index (χ4v) is 3.96. The van der Waals surface area contributed by atoms with E-state index in [1.165, 1.54) is 0 Å². The van der Waals surface area contributed by atoms with Crippen LogP contribution in [0.3, 0.4) is 0 Å². The second-order valence-corrected chi connectivity index (χ2v) is 6.96. The number of piperidine rings is 1. The Balaban J connectivity index is 1.83. The van der Waals surface area contributed by atoms with E-state index in [1.807, 2.05) is 42.8 Å². The highest BCUT2D eigenvalue weighted by molar-refractivity contribution is 5.95. The number of hydrogen-bond donors (Lipinski definition) is 0. The van der Waals surface area contributed by atoms with Gasteiger partial charge in [0.25, 0.3) is 5.91 Å². The molecule has 22 heavy (non-hydrogen) atoms. The minimum Gasteiger partial charge on any atom is -0.345 e. The summed E-state index contributed by atoms with van der Waals surface area (Å²) in [5.41, 5.74) is 2.62. The summed E-state index contributed by atoms with van der Waals surface area (Å²) in [6.45, 7) is 6.16. The smallest absolute Gasteiger partial charge is 0.253 e. The predicted molar refractivity (Wildman–Crippen MR) is 85.7 cm³/mol. The number of carbonyl (C=O) groups is 2. The molecule has 1 unspecified atom stereocenters. The zero-order valence-corrected chi connectivity index (χ0v) is 13.7. The van der Waals surface area contributed by atoms with Crippen molar-refractivity contribution in [2.24, 2.45) is 5.41 Å². The average molecular weight is 300 g/mol. The molecule has 2 aliphatic heterocycles. The average Bonchev–Trinajstić information content (AvgIpc) is 2.74. The largest absolute Gasteiger partial charge is 0.345 e. The van der Waals surface area contributed by atoms with Gasteiger partial charge in [0.15, 0.2) is 0 Å². The number of rotatable bonds is 1. The summed E-state index contributed by atoms with van der Waals surface area (Å²) in [4.78, 5) is 29.0. The first-order valence-electron chi connectivity index (χ1n) is 8.04. The second kappa shape index (κ2) is 5.41. The van der Waals surface area contributed by atoms with Gasteiger partial charge in [-0.3, -0.25) is 9.59 Å². The quantitative estimate of drug-likeness (QED) is 0.799. The zero-order chi connectivity index (χ0) is 15.9. The highest BCUT2D eigenvalue weighted by atomic mass is 16.2. The Labute approximate surface area is 132 Å². The molecule has 0 aliphatic carbocycles. The fraction of sp³-hybridized carbons (Fsp3) is 0.556. The van der Waals surface area contributed by atoms with Crippen LogP contribution in [0.1, 0.15) is 40.7 Å². The molecule has 0 saturated carbocycles. The Bertz CT molecular complexity index is 601. The molecule has 2 amide bonds. The van der Waals surface area contributed by atoms with Crippen molar-refractivity contribution in [2.45, 2.75) is 33.1 Å². The Morgan fingerprint density at radius 3 is 2.36 bits per heavy atom. The van der Waals surface area contributed by atoms with Gasteiger partial charge in [0.1, 0.15) is 0 Å². The van der Waals surface area contributed by atoms with E-state index in [0.29, 0.717) is 6.54 Å². The van der Waals surface area contributed by atoms with Gasteiger partial charge in [-0.05, 0) is 45.2 Å². The predicted octanol–water partition coefficient (Wildman–Crippen LogP) is 2.39. The Morgan fingerprint density at radius 2 is 1.77 bits per heavy atom. The van der Waals surface area contributed by atoms with Crippen LogP contribution in [0.4, 0.5) is 0 Å². The summed E-state index contributed by atoms with van der Waals surface area (Å²) in [5.74, 6) is 0.277. The number of carbonyl (C=O) groups excluding carboxylic acids is 2. The maximum Gasteiger partial charge on any atom is 0.253 e. The fourth-order valence-electron chi connectivity index (χ4n) is 3.96. The second-order valence-electron chi connectivity index (χ2n) is 6.96. The topological polar surface area (TPSA) is 40.6 Å². The third-order valence-electron chi connectivity index (χ3n) is 5.06. The Kier molecular flexibility index (Phi) is 3.71. The van der Waals surface area contributed by atoms with E-state index in [9.17, 15) is 9.59 Å². The van der Waals surface area contributed by atoms with Crippen molar-refractivity contribution in [3.8, 4) is 0 Å². The molecule has 2 heterocycles. The molecule has 1 atom stereocenters. The van der Waals surface area contributed by atoms with Crippen LogP contribution < -0.4 is 0 Å². The summed E-state index contributed by atoms with van der Waals surface area (Å²) in [6, 6.07) is 5.96. The van der Waals surface area contributed by atoms with Crippen molar-refractivity contribution in [2.75, 3.05) is 26.7 Å². The van der Waals surface area contributed by atoms with E-state index >= 15 is 0 Å². The number of benzene rings is 1. The number of hydrogen-bond acceptors (Lipinski definition) is 2. The summed E-state index contributed by atoms with van der Waals surface area (Å²) in [6.07, 6.45) is 2.70. The van der Waals surface area contributed by atoms with Gasteiger partial charge in [-0.1, -0.05) is 17.2 Å². The lowest BCUT2D eigenvalue weighted by Crippen LogP contribution is -2.49. The molecule has 0 N–H and O–H groups in total. The molecule has 118 valence electrons. The van der Waals surface area contributed by atoms with Crippen molar-refractivity contribution in [1.82, 2.24) is 9.80 Å². The molecule has 4 nitrogen and oxygen atoms in total. The highest BCUT2D eigenvalue weighted by Crippen LogP contribution is 2.39. The highest BCUT2D eigenvalue weighted by Gasteiger charge is 2.48. The number of likely N-dealkylation sites (tertiary alicyclic amines) is 2. The standard InChI is InChI=1S/C18H24N2O2/c1-13-9-14(2)11-15(10-13)16(21)20-7-4-5-18(12-20)6-8-19(3)17(18)22/h9-11H,4-8,12H2,1-3H3. The van der Waals surface area contributed by atoms with E-state index in [0.717, 1.165) is 49.0 Å². The summed E-state index contributed by atoms with van der Waals surface area (Å²) in [5, 5.41) is 0. The van der Waals surface area contributed by atoms with Gasteiger partial charge in [0, 0.05) is 32.2 Å². The van der Waals surface area contributed by atoms with Crippen LogP contribution >= 0.6 is 0 Å². The molecule has 3 rings (SSSR count). The normalized spacial score (nSPS) is 25.1. The van der Waals surface area contributed by atoms with Crippen LogP contribution in [0.2, 0.25) is 0 Å². The van der Waals surface area contributed by atoms with Crippen molar-refractivity contribution < 1.29 is 9.59 Å². The third-order valence-corrected chi connectivity index (χ3v) is 5.06. The maximum absolute atomic E-state index is 12.8. The molecular formula is C18H24N2O2. The molecule has 2 fully saturated rings. The summed E-state index contributed by atoms with van der Waals surface area (Å²) in [7, 11) is 1.86. The van der Waals surface area contributed by atoms with Crippen LogP contribution in [0.25, 0.3) is 0 Å². The minimum absolute atomic E-state index is 0.0632. The van der Waals surface area contributed by atoms with Crippen LogP contribution in [0.5, 0.6) is 0 Å². The molecule has 0 radical (unpaired) electrons. The molecular weight excluding hydrogens is 276 g/mol. The first kappa shape index (κ1) is 15.1. The molecule has 1 aromatic rings. The first-order valence-corrected chi connectivity index (χ1v) is 8.04. The molecule has 2 aliphatic rings. The van der Waals surface area contributed by atoms with E-state index in [2.05, 4.69) is 6.07 Å². The Morgan fingerprint density at radius 1 is 1.09 bits per heavy atom. The van der Waals surface area contributed by atoms with E-state index in [1.54, 1.807) is 0 Å². The van der Waals surface area contributed by atoms with Crippen molar-refractivity contribution >= 4 is 11.8 Å². The van der Waals surface area contributed by atoms with Crippen LogP contribution in [-0.4, -0.2) is 48.3 Å². The van der Waals surface area contributed by atoms with Gasteiger partial charge in [-0.2, -0.15) is 0 Å². The SMILES string of the molecule is Cc1cc(C)cc(C(=O)N2CCCC3(CCN(C)C3=O)C2)c1.